The number of nitrogens with one attached hydrogen (secondary N) is 1. The molecular formula is C14H28N2. The van der Waals surface area contributed by atoms with E-state index in [0.29, 0.717) is 5.41 Å². The van der Waals surface area contributed by atoms with Crippen LogP contribution in [0.25, 0.3) is 0 Å². The molecule has 94 valence electrons. The zero-order chi connectivity index (χ0) is 11.8. The molecule has 0 amide bonds. The van der Waals surface area contributed by atoms with Crippen molar-refractivity contribution in [2.75, 3.05) is 20.1 Å². The van der Waals surface area contributed by atoms with Gasteiger partial charge in [-0.25, -0.2) is 0 Å². The molecule has 2 heteroatoms. The van der Waals surface area contributed by atoms with Gasteiger partial charge >= 0.3 is 0 Å². The number of piperidine rings is 1. The Labute approximate surface area is 101 Å². The lowest BCUT2D eigenvalue weighted by Crippen LogP contribution is -2.49. The van der Waals surface area contributed by atoms with Crippen LogP contribution in [0.1, 0.15) is 46.5 Å². The normalized spacial score (nSPS) is 39.2. The maximum absolute atomic E-state index is 3.53. The maximum atomic E-state index is 3.53. The Balaban J connectivity index is 1.96. The molecule has 1 aliphatic carbocycles. The van der Waals surface area contributed by atoms with Crippen molar-refractivity contribution < 1.29 is 0 Å². The highest BCUT2D eigenvalue weighted by Crippen LogP contribution is 2.43. The minimum atomic E-state index is 0.556. The van der Waals surface area contributed by atoms with Gasteiger partial charge in [-0.2, -0.15) is 0 Å². The average Bonchev–Trinajstić information content (AvgIpc) is 2.52. The highest BCUT2D eigenvalue weighted by atomic mass is 15.2. The molecule has 3 atom stereocenters. The molecule has 2 fully saturated rings. The maximum Gasteiger partial charge on any atom is 0.0221 e. The van der Waals surface area contributed by atoms with Crippen LogP contribution in [0.2, 0.25) is 0 Å². The molecule has 0 radical (unpaired) electrons. The van der Waals surface area contributed by atoms with E-state index in [9.17, 15) is 0 Å². The van der Waals surface area contributed by atoms with Gasteiger partial charge in [0.15, 0.2) is 0 Å². The average molecular weight is 224 g/mol. The van der Waals surface area contributed by atoms with Crippen molar-refractivity contribution in [3.05, 3.63) is 0 Å². The largest absolute Gasteiger partial charge is 0.315 e. The number of hydrogen-bond donors (Lipinski definition) is 1. The first-order valence-electron chi connectivity index (χ1n) is 6.92. The summed E-state index contributed by atoms with van der Waals surface area (Å²) in [5.41, 5.74) is 0.556. The molecule has 3 unspecified atom stereocenters. The van der Waals surface area contributed by atoms with Gasteiger partial charge in [-0.1, -0.05) is 20.8 Å². The van der Waals surface area contributed by atoms with Crippen molar-refractivity contribution in [1.82, 2.24) is 10.2 Å². The number of likely N-dealkylation sites (N-methyl/N-ethyl adjacent to an activating group) is 1. The Morgan fingerprint density at radius 2 is 2.00 bits per heavy atom. The first-order valence-corrected chi connectivity index (χ1v) is 6.92. The summed E-state index contributed by atoms with van der Waals surface area (Å²) in [6.07, 6.45) is 5.50. The van der Waals surface area contributed by atoms with Crippen molar-refractivity contribution in [3.8, 4) is 0 Å². The van der Waals surface area contributed by atoms with E-state index >= 15 is 0 Å². The van der Waals surface area contributed by atoms with Gasteiger partial charge in [-0.15, -0.1) is 0 Å². The summed E-state index contributed by atoms with van der Waals surface area (Å²) >= 11 is 0. The Bertz CT molecular complexity index is 231. The predicted molar refractivity (Wildman–Crippen MR) is 69.6 cm³/mol. The van der Waals surface area contributed by atoms with E-state index in [0.717, 1.165) is 18.0 Å². The summed E-state index contributed by atoms with van der Waals surface area (Å²) in [5.74, 6) is 0.863. The second-order valence-corrected chi connectivity index (χ2v) is 6.78. The van der Waals surface area contributed by atoms with Gasteiger partial charge in [-0.3, -0.25) is 4.90 Å². The van der Waals surface area contributed by atoms with Crippen LogP contribution < -0.4 is 5.32 Å². The predicted octanol–water partition coefficient (Wildman–Crippen LogP) is 2.49. The Morgan fingerprint density at radius 3 is 2.50 bits per heavy atom. The van der Waals surface area contributed by atoms with Crippen LogP contribution in [0.15, 0.2) is 0 Å². The lowest BCUT2D eigenvalue weighted by Gasteiger charge is -2.38. The SMILES string of the molecule is CC1CC(C)(C)CC1N(C)C1CCCNC1. The summed E-state index contributed by atoms with van der Waals surface area (Å²) in [6, 6.07) is 1.58. The standard InChI is InChI=1S/C14H28N2/c1-11-8-14(2,3)9-13(11)16(4)12-6-5-7-15-10-12/h11-13,15H,5-10H2,1-4H3. The first-order chi connectivity index (χ1) is 7.49. The summed E-state index contributed by atoms with van der Waals surface area (Å²) in [6.45, 7) is 9.70. The molecule has 1 saturated heterocycles. The first kappa shape index (κ1) is 12.4. The molecule has 1 heterocycles. The van der Waals surface area contributed by atoms with Gasteiger partial charge in [-0.05, 0) is 50.6 Å². The van der Waals surface area contributed by atoms with Crippen LogP contribution in [0.3, 0.4) is 0 Å². The lowest BCUT2D eigenvalue weighted by molar-refractivity contribution is 0.121. The van der Waals surface area contributed by atoms with E-state index in [1.54, 1.807) is 0 Å². The zero-order valence-corrected chi connectivity index (χ0v) is 11.4. The van der Waals surface area contributed by atoms with E-state index in [4.69, 9.17) is 0 Å². The third kappa shape index (κ3) is 2.60. The molecule has 2 rings (SSSR count). The summed E-state index contributed by atoms with van der Waals surface area (Å²) in [4.78, 5) is 2.67. The molecule has 1 N–H and O–H groups in total. The van der Waals surface area contributed by atoms with Gasteiger partial charge in [0.1, 0.15) is 0 Å². The van der Waals surface area contributed by atoms with Crippen LogP contribution >= 0.6 is 0 Å². The molecule has 0 aromatic carbocycles. The fraction of sp³-hybridized carbons (Fsp3) is 1.00. The molecule has 2 nitrogen and oxygen atoms in total. The van der Waals surface area contributed by atoms with Crippen LogP contribution in [-0.2, 0) is 0 Å². The van der Waals surface area contributed by atoms with E-state index < -0.39 is 0 Å². The van der Waals surface area contributed by atoms with Crippen LogP contribution in [-0.4, -0.2) is 37.1 Å². The molecule has 0 bridgehead atoms. The van der Waals surface area contributed by atoms with Gasteiger partial charge in [0.05, 0.1) is 0 Å². The molecule has 0 spiro atoms. The summed E-state index contributed by atoms with van der Waals surface area (Å²) < 4.78 is 0. The van der Waals surface area contributed by atoms with E-state index in [-0.39, 0.29) is 0 Å². The van der Waals surface area contributed by atoms with Crippen LogP contribution in [0, 0.1) is 11.3 Å². The third-order valence-electron chi connectivity index (χ3n) is 4.66. The van der Waals surface area contributed by atoms with Gasteiger partial charge in [0, 0.05) is 18.6 Å². The Hall–Kier alpha value is -0.0800. The van der Waals surface area contributed by atoms with Crippen molar-refractivity contribution in [1.29, 1.82) is 0 Å². The monoisotopic (exact) mass is 224 g/mol. The van der Waals surface area contributed by atoms with Gasteiger partial charge in [0.2, 0.25) is 0 Å². The van der Waals surface area contributed by atoms with Crippen molar-refractivity contribution in [2.45, 2.75) is 58.5 Å². The molecule has 1 aliphatic heterocycles. The zero-order valence-electron chi connectivity index (χ0n) is 11.4. The number of rotatable bonds is 2. The van der Waals surface area contributed by atoms with Crippen molar-refractivity contribution >= 4 is 0 Å². The minimum Gasteiger partial charge on any atom is -0.315 e. The fourth-order valence-electron chi connectivity index (χ4n) is 3.86. The van der Waals surface area contributed by atoms with E-state index in [2.05, 4.69) is 38.0 Å². The van der Waals surface area contributed by atoms with Crippen molar-refractivity contribution in [3.63, 3.8) is 0 Å². The molecule has 2 aliphatic rings. The molecule has 0 aromatic rings. The van der Waals surface area contributed by atoms with Crippen LogP contribution in [0.5, 0.6) is 0 Å². The van der Waals surface area contributed by atoms with Crippen LogP contribution in [0.4, 0.5) is 0 Å². The lowest BCUT2D eigenvalue weighted by atomic mass is 9.91. The smallest absolute Gasteiger partial charge is 0.0221 e. The summed E-state index contributed by atoms with van der Waals surface area (Å²) in [7, 11) is 2.35. The third-order valence-corrected chi connectivity index (χ3v) is 4.66. The Kier molecular flexibility index (Phi) is 3.60. The fourth-order valence-corrected chi connectivity index (χ4v) is 3.86. The van der Waals surface area contributed by atoms with Gasteiger partial charge < -0.3 is 5.32 Å². The van der Waals surface area contributed by atoms with E-state index in [1.165, 1.54) is 38.8 Å². The quantitative estimate of drug-likeness (QED) is 0.775. The topological polar surface area (TPSA) is 15.3 Å². The molecule has 16 heavy (non-hydrogen) atoms. The molecule has 0 aromatic heterocycles. The highest BCUT2D eigenvalue weighted by Gasteiger charge is 2.40. The Morgan fingerprint density at radius 1 is 1.25 bits per heavy atom. The summed E-state index contributed by atoms with van der Waals surface area (Å²) in [5, 5.41) is 3.53. The van der Waals surface area contributed by atoms with Gasteiger partial charge in [0.25, 0.3) is 0 Å². The molecular weight excluding hydrogens is 196 g/mol. The highest BCUT2D eigenvalue weighted by molar-refractivity contribution is 4.94. The van der Waals surface area contributed by atoms with E-state index in [1.807, 2.05) is 0 Å². The number of hydrogen-bond acceptors (Lipinski definition) is 2. The second kappa shape index (κ2) is 4.66. The molecule has 1 saturated carbocycles. The number of nitrogens with zero attached hydrogens (tertiary/aromatic N) is 1. The second-order valence-electron chi connectivity index (χ2n) is 6.78. The van der Waals surface area contributed by atoms with Crippen molar-refractivity contribution in [2.24, 2.45) is 11.3 Å². The minimum absolute atomic E-state index is 0.556.